The van der Waals surface area contributed by atoms with Gasteiger partial charge in [-0.2, -0.15) is 0 Å². The molecular formula is C18H18BrNO4. The number of carbonyl (C=O) groups is 2. The summed E-state index contributed by atoms with van der Waals surface area (Å²) in [4.78, 5) is 25.3. The fourth-order valence-electron chi connectivity index (χ4n) is 2.06. The summed E-state index contributed by atoms with van der Waals surface area (Å²) in [6, 6.07) is 14.4. The number of nitrogens with zero attached hydrogens (tertiary/aromatic N) is 1. The monoisotopic (exact) mass is 391 g/mol. The molecule has 0 N–H and O–H groups in total. The molecule has 0 bridgehead atoms. The normalized spacial score (nSPS) is 10.1. The highest BCUT2D eigenvalue weighted by molar-refractivity contribution is 9.10. The molecule has 5 nitrogen and oxygen atoms in total. The van der Waals surface area contributed by atoms with E-state index >= 15 is 0 Å². The number of rotatable bonds is 6. The van der Waals surface area contributed by atoms with Crippen molar-refractivity contribution in [3.05, 3.63) is 58.6 Å². The van der Waals surface area contributed by atoms with Gasteiger partial charge in [-0.3, -0.25) is 9.59 Å². The highest BCUT2D eigenvalue weighted by Crippen LogP contribution is 2.28. The third-order valence-electron chi connectivity index (χ3n) is 3.37. The van der Waals surface area contributed by atoms with Crippen molar-refractivity contribution in [2.75, 3.05) is 20.7 Å². The van der Waals surface area contributed by atoms with Gasteiger partial charge >= 0.3 is 5.97 Å². The third-order valence-corrected chi connectivity index (χ3v) is 3.86. The van der Waals surface area contributed by atoms with Gasteiger partial charge < -0.3 is 14.4 Å². The van der Waals surface area contributed by atoms with E-state index in [1.165, 1.54) is 12.0 Å². The Bertz CT molecular complexity index is 732. The van der Waals surface area contributed by atoms with Crippen LogP contribution in [0.3, 0.4) is 0 Å². The molecule has 1 amide bonds. The van der Waals surface area contributed by atoms with Crippen LogP contribution in [0.5, 0.6) is 11.5 Å². The Balaban J connectivity index is 2.15. The zero-order valence-corrected chi connectivity index (χ0v) is 15.1. The Morgan fingerprint density at radius 2 is 1.88 bits per heavy atom. The second-order valence-corrected chi connectivity index (χ2v) is 6.02. The van der Waals surface area contributed by atoms with Gasteiger partial charge in [0.15, 0.2) is 0 Å². The summed E-state index contributed by atoms with van der Waals surface area (Å²) in [7, 11) is 2.96. The topological polar surface area (TPSA) is 55.8 Å². The van der Waals surface area contributed by atoms with Gasteiger partial charge in [-0.25, -0.2) is 0 Å². The highest BCUT2D eigenvalue weighted by atomic mass is 79.9. The third kappa shape index (κ3) is 4.83. The first kappa shape index (κ1) is 18.0. The number of esters is 1. The molecule has 24 heavy (non-hydrogen) atoms. The number of halogens is 1. The summed E-state index contributed by atoms with van der Waals surface area (Å²) in [6.07, 6.45) is 0.146. The second kappa shape index (κ2) is 8.49. The number of amides is 1. The molecule has 0 saturated heterocycles. The van der Waals surface area contributed by atoms with Crippen LogP contribution in [-0.4, -0.2) is 37.5 Å². The maximum Gasteiger partial charge on any atom is 0.307 e. The minimum absolute atomic E-state index is 0.146. The first-order valence-electron chi connectivity index (χ1n) is 7.36. The van der Waals surface area contributed by atoms with E-state index < -0.39 is 0 Å². The largest absolute Gasteiger partial charge is 0.469 e. The van der Waals surface area contributed by atoms with Gasteiger partial charge in [-0.15, -0.1) is 0 Å². The predicted molar refractivity (Wildman–Crippen MR) is 94.3 cm³/mol. The van der Waals surface area contributed by atoms with E-state index in [0.29, 0.717) is 17.1 Å². The van der Waals surface area contributed by atoms with Crippen molar-refractivity contribution in [3.63, 3.8) is 0 Å². The molecule has 0 radical (unpaired) electrons. The summed E-state index contributed by atoms with van der Waals surface area (Å²) < 4.78 is 11.3. The smallest absolute Gasteiger partial charge is 0.307 e. The van der Waals surface area contributed by atoms with Gasteiger partial charge in [0, 0.05) is 18.1 Å². The molecule has 0 aromatic heterocycles. The second-order valence-electron chi connectivity index (χ2n) is 5.11. The minimum Gasteiger partial charge on any atom is -0.469 e. The lowest BCUT2D eigenvalue weighted by Crippen LogP contribution is -2.29. The number of hydrogen-bond acceptors (Lipinski definition) is 4. The minimum atomic E-state index is -0.353. The first-order chi connectivity index (χ1) is 11.5. The Morgan fingerprint density at radius 3 is 2.58 bits per heavy atom. The summed E-state index contributed by atoms with van der Waals surface area (Å²) in [5.74, 6) is 0.519. The average Bonchev–Trinajstić information content (AvgIpc) is 2.59. The molecule has 2 rings (SSSR count). The van der Waals surface area contributed by atoms with Crippen molar-refractivity contribution in [2.45, 2.75) is 6.42 Å². The molecule has 2 aromatic carbocycles. The van der Waals surface area contributed by atoms with Crippen LogP contribution in [0, 0.1) is 0 Å². The summed E-state index contributed by atoms with van der Waals surface area (Å²) >= 11 is 3.39. The lowest BCUT2D eigenvalue weighted by molar-refractivity contribution is -0.140. The van der Waals surface area contributed by atoms with Crippen LogP contribution in [-0.2, 0) is 9.53 Å². The van der Waals surface area contributed by atoms with Crippen LogP contribution in [0.4, 0.5) is 0 Å². The maximum atomic E-state index is 12.6. The highest BCUT2D eigenvalue weighted by Gasteiger charge is 2.18. The van der Waals surface area contributed by atoms with E-state index in [1.807, 2.05) is 24.3 Å². The van der Waals surface area contributed by atoms with Crippen LogP contribution in [0.15, 0.2) is 53.0 Å². The Labute approximate surface area is 149 Å². The van der Waals surface area contributed by atoms with Crippen LogP contribution < -0.4 is 4.74 Å². The number of methoxy groups -OCH3 is 1. The molecule has 0 aliphatic heterocycles. The van der Waals surface area contributed by atoms with Gasteiger partial charge in [0.25, 0.3) is 5.91 Å². The van der Waals surface area contributed by atoms with Crippen molar-refractivity contribution >= 4 is 27.8 Å². The molecule has 0 aliphatic carbocycles. The summed E-state index contributed by atoms with van der Waals surface area (Å²) in [6.45, 7) is 0.275. The van der Waals surface area contributed by atoms with E-state index in [9.17, 15) is 9.59 Å². The van der Waals surface area contributed by atoms with E-state index in [4.69, 9.17) is 4.74 Å². The van der Waals surface area contributed by atoms with Crippen molar-refractivity contribution in [1.82, 2.24) is 4.90 Å². The van der Waals surface area contributed by atoms with Crippen LogP contribution in [0.1, 0.15) is 16.8 Å². The lowest BCUT2D eigenvalue weighted by Gasteiger charge is -2.18. The van der Waals surface area contributed by atoms with Crippen molar-refractivity contribution in [1.29, 1.82) is 0 Å². The standard InChI is InChI=1S/C18H18BrNO4/c1-20(11-10-17(21)23-2)18(22)15-8-3-4-9-16(15)24-14-7-5-6-13(19)12-14/h3-9,12H,10-11H2,1-2H3. The fourth-order valence-corrected chi connectivity index (χ4v) is 2.44. The summed E-state index contributed by atoms with van der Waals surface area (Å²) in [5.41, 5.74) is 0.435. The van der Waals surface area contributed by atoms with Crippen LogP contribution in [0.2, 0.25) is 0 Å². The molecule has 126 valence electrons. The SMILES string of the molecule is COC(=O)CCN(C)C(=O)c1ccccc1Oc1cccc(Br)c1. The Hall–Kier alpha value is -2.34. The van der Waals surface area contributed by atoms with Crippen molar-refractivity contribution < 1.29 is 19.1 Å². The predicted octanol–water partition coefficient (Wildman–Crippen LogP) is 3.88. The molecule has 0 atom stereocenters. The van der Waals surface area contributed by atoms with Crippen LogP contribution >= 0.6 is 15.9 Å². The molecular weight excluding hydrogens is 374 g/mol. The van der Waals surface area contributed by atoms with E-state index in [0.717, 1.165) is 4.47 Å². The van der Waals surface area contributed by atoms with Gasteiger partial charge in [-0.1, -0.05) is 34.1 Å². The molecule has 0 fully saturated rings. The zero-order valence-electron chi connectivity index (χ0n) is 13.5. The molecule has 0 spiro atoms. The zero-order chi connectivity index (χ0) is 17.5. The number of ether oxygens (including phenoxy) is 2. The van der Waals surface area contributed by atoms with Gasteiger partial charge in [0.2, 0.25) is 0 Å². The number of para-hydroxylation sites is 1. The average molecular weight is 392 g/mol. The van der Waals surface area contributed by atoms with Crippen LogP contribution in [0.25, 0.3) is 0 Å². The number of carbonyl (C=O) groups excluding carboxylic acids is 2. The fraction of sp³-hybridized carbons (Fsp3) is 0.222. The maximum absolute atomic E-state index is 12.6. The number of benzene rings is 2. The van der Waals surface area contributed by atoms with E-state index in [1.54, 1.807) is 31.3 Å². The quantitative estimate of drug-likeness (QED) is 0.701. The molecule has 2 aromatic rings. The lowest BCUT2D eigenvalue weighted by atomic mass is 10.1. The van der Waals surface area contributed by atoms with Crippen molar-refractivity contribution in [3.8, 4) is 11.5 Å². The van der Waals surface area contributed by atoms with Gasteiger partial charge in [-0.05, 0) is 30.3 Å². The van der Waals surface area contributed by atoms with Gasteiger partial charge in [0.1, 0.15) is 11.5 Å². The number of hydrogen-bond donors (Lipinski definition) is 0. The first-order valence-corrected chi connectivity index (χ1v) is 8.15. The molecule has 0 saturated carbocycles. The van der Waals surface area contributed by atoms with Gasteiger partial charge in [0.05, 0.1) is 19.1 Å². The molecule has 0 aliphatic rings. The van der Waals surface area contributed by atoms with E-state index in [-0.39, 0.29) is 24.8 Å². The Morgan fingerprint density at radius 1 is 1.12 bits per heavy atom. The van der Waals surface area contributed by atoms with Crippen molar-refractivity contribution in [2.24, 2.45) is 0 Å². The Kier molecular flexibility index (Phi) is 6.37. The molecule has 0 heterocycles. The molecule has 6 heteroatoms. The summed E-state index contributed by atoms with van der Waals surface area (Å²) in [5, 5.41) is 0. The molecule has 0 unspecified atom stereocenters. The van der Waals surface area contributed by atoms with E-state index in [2.05, 4.69) is 20.7 Å².